The zero-order valence-corrected chi connectivity index (χ0v) is 16.0. The summed E-state index contributed by atoms with van der Waals surface area (Å²) in [6.07, 6.45) is 5.31. The van der Waals surface area contributed by atoms with E-state index >= 15 is 0 Å². The number of morpholine rings is 1. The molecule has 0 amide bonds. The number of guanidine groups is 1. The van der Waals surface area contributed by atoms with Crippen LogP contribution >= 0.6 is 24.0 Å². The number of aliphatic imine (C=N–C) groups is 1. The maximum atomic E-state index is 10.6. The third-order valence-corrected chi connectivity index (χ3v) is 4.36. The molecule has 2 fully saturated rings. The van der Waals surface area contributed by atoms with E-state index in [0.29, 0.717) is 19.8 Å². The maximum absolute atomic E-state index is 10.6. The van der Waals surface area contributed by atoms with Crippen molar-refractivity contribution in [2.24, 2.45) is 4.99 Å². The van der Waals surface area contributed by atoms with Crippen molar-refractivity contribution in [3.05, 3.63) is 0 Å². The molecule has 0 bridgehead atoms. The topological polar surface area (TPSA) is 66.3 Å². The van der Waals surface area contributed by atoms with E-state index in [1.807, 2.05) is 0 Å². The lowest BCUT2D eigenvalue weighted by molar-refractivity contribution is -0.0453. The predicted octanol–water partition coefficient (Wildman–Crippen LogP) is 1.22. The van der Waals surface area contributed by atoms with Crippen molar-refractivity contribution in [3.8, 4) is 0 Å². The summed E-state index contributed by atoms with van der Waals surface area (Å²) in [6, 6.07) is 0. The number of halogens is 1. The average molecular weight is 427 g/mol. The van der Waals surface area contributed by atoms with E-state index in [1.165, 1.54) is 6.42 Å². The molecule has 0 aromatic rings. The molecule has 7 heteroatoms. The molecule has 1 atom stereocenters. The Morgan fingerprint density at radius 1 is 1.41 bits per heavy atom. The molecule has 0 aromatic heterocycles. The fourth-order valence-corrected chi connectivity index (χ4v) is 3.16. The first-order chi connectivity index (χ1) is 10.2. The highest BCUT2D eigenvalue weighted by Crippen LogP contribution is 2.27. The highest BCUT2D eigenvalue weighted by molar-refractivity contribution is 14.0. The van der Waals surface area contributed by atoms with Gasteiger partial charge in [-0.2, -0.15) is 0 Å². The van der Waals surface area contributed by atoms with E-state index in [0.717, 1.165) is 44.7 Å². The molecule has 22 heavy (non-hydrogen) atoms. The van der Waals surface area contributed by atoms with E-state index in [4.69, 9.17) is 9.47 Å². The largest absolute Gasteiger partial charge is 0.388 e. The van der Waals surface area contributed by atoms with Gasteiger partial charge in [-0.1, -0.05) is 19.3 Å². The minimum Gasteiger partial charge on any atom is -0.388 e. The van der Waals surface area contributed by atoms with Gasteiger partial charge < -0.3 is 24.8 Å². The summed E-state index contributed by atoms with van der Waals surface area (Å²) in [5, 5.41) is 13.9. The molecule has 1 aliphatic heterocycles. The second-order valence-corrected chi connectivity index (χ2v) is 6.08. The molecular formula is C15H30IN3O3. The molecule has 1 unspecified atom stereocenters. The number of methoxy groups -OCH3 is 1. The Morgan fingerprint density at radius 3 is 2.77 bits per heavy atom. The van der Waals surface area contributed by atoms with Crippen LogP contribution in [0.2, 0.25) is 0 Å². The number of ether oxygens (including phenoxy) is 2. The quantitative estimate of drug-likeness (QED) is 0.402. The molecule has 2 aliphatic rings. The van der Waals surface area contributed by atoms with Crippen molar-refractivity contribution >= 4 is 29.9 Å². The molecule has 2 N–H and O–H groups in total. The van der Waals surface area contributed by atoms with Crippen LogP contribution in [0.3, 0.4) is 0 Å². The smallest absolute Gasteiger partial charge is 0.193 e. The first-order valence-corrected chi connectivity index (χ1v) is 7.95. The fourth-order valence-electron chi connectivity index (χ4n) is 3.16. The maximum Gasteiger partial charge on any atom is 0.193 e. The zero-order chi connectivity index (χ0) is 15.1. The van der Waals surface area contributed by atoms with E-state index in [-0.39, 0.29) is 30.1 Å². The van der Waals surface area contributed by atoms with E-state index in [9.17, 15) is 5.11 Å². The molecule has 6 nitrogen and oxygen atoms in total. The van der Waals surface area contributed by atoms with E-state index < -0.39 is 5.60 Å². The molecule has 2 rings (SSSR count). The number of nitrogens with one attached hydrogen (secondary N) is 1. The second-order valence-electron chi connectivity index (χ2n) is 6.08. The van der Waals surface area contributed by atoms with Crippen molar-refractivity contribution in [3.63, 3.8) is 0 Å². The summed E-state index contributed by atoms with van der Waals surface area (Å²) in [4.78, 5) is 6.53. The van der Waals surface area contributed by atoms with Crippen molar-refractivity contribution in [2.75, 3.05) is 47.0 Å². The zero-order valence-electron chi connectivity index (χ0n) is 13.7. The summed E-state index contributed by atoms with van der Waals surface area (Å²) < 4.78 is 10.8. The lowest BCUT2D eigenvalue weighted by Crippen LogP contribution is -2.54. The Bertz CT molecular complexity index is 347. The van der Waals surface area contributed by atoms with Crippen LogP contribution in [0.5, 0.6) is 0 Å². The Balaban J connectivity index is 0.00000242. The third-order valence-electron chi connectivity index (χ3n) is 4.36. The Kier molecular flexibility index (Phi) is 8.96. The second kappa shape index (κ2) is 9.89. The highest BCUT2D eigenvalue weighted by atomic mass is 127. The standard InChI is InChI=1S/C15H29N3O3.HI/c1-16-14(17-12-15(19)6-4-3-5-7-15)18-8-9-21-13(10-18)11-20-2;/h13,19H,3-12H2,1-2H3,(H,16,17);1H. The van der Waals surface area contributed by atoms with Gasteiger partial charge in [0.25, 0.3) is 0 Å². The van der Waals surface area contributed by atoms with Crippen molar-refractivity contribution in [1.29, 1.82) is 0 Å². The van der Waals surface area contributed by atoms with Gasteiger partial charge in [0.05, 0.1) is 24.9 Å². The monoisotopic (exact) mass is 427 g/mol. The van der Waals surface area contributed by atoms with Gasteiger partial charge in [0.1, 0.15) is 0 Å². The van der Waals surface area contributed by atoms with Gasteiger partial charge >= 0.3 is 0 Å². The third kappa shape index (κ3) is 5.82. The van der Waals surface area contributed by atoms with Gasteiger partial charge in [0.15, 0.2) is 5.96 Å². The first kappa shape index (κ1) is 19.9. The number of hydrogen-bond acceptors (Lipinski definition) is 4. The number of hydrogen-bond donors (Lipinski definition) is 2. The van der Waals surface area contributed by atoms with Crippen LogP contribution < -0.4 is 5.32 Å². The minimum absolute atomic E-state index is 0. The summed E-state index contributed by atoms with van der Waals surface area (Å²) in [5.41, 5.74) is -0.577. The predicted molar refractivity (Wildman–Crippen MR) is 98.0 cm³/mol. The Hall–Kier alpha value is -0.120. The van der Waals surface area contributed by atoms with Gasteiger partial charge in [-0.15, -0.1) is 24.0 Å². The molecule has 0 radical (unpaired) electrons. The molecule has 0 aromatic carbocycles. The van der Waals surface area contributed by atoms with E-state index in [1.54, 1.807) is 14.2 Å². The Labute approximate surface area is 150 Å². The van der Waals surface area contributed by atoms with Crippen LogP contribution in [0.15, 0.2) is 4.99 Å². The molecular weight excluding hydrogens is 397 g/mol. The summed E-state index contributed by atoms with van der Waals surface area (Å²) >= 11 is 0. The van der Waals surface area contributed by atoms with E-state index in [2.05, 4.69) is 15.2 Å². The molecule has 130 valence electrons. The Morgan fingerprint density at radius 2 is 2.14 bits per heavy atom. The van der Waals surface area contributed by atoms with Crippen LogP contribution in [-0.4, -0.2) is 74.7 Å². The van der Waals surface area contributed by atoms with Gasteiger partial charge in [-0.25, -0.2) is 0 Å². The van der Waals surface area contributed by atoms with Gasteiger partial charge in [-0.05, 0) is 12.8 Å². The summed E-state index contributed by atoms with van der Waals surface area (Å²) in [7, 11) is 3.47. The normalized spacial score (nSPS) is 25.5. The van der Waals surface area contributed by atoms with Crippen LogP contribution in [0, 0.1) is 0 Å². The molecule has 1 heterocycles. The van der Waals surface area contributed by atoms with Crippen molar-refractivity contribution in [1.82, 2.24) is 10.2 Å². The van der Waals surface area contributed by atoms with Gasteiger partial charge in [0.2, 0.25) is 0 Å². The SMILES string of the molecule is CN=C(NCC1(O)CCCCC1)N1CCOC(COC)C1.I. The van der Waals surface area contributed by atoms with Crippen LogP contribution in [0.25, 0.3) is 0 Å². The average Bonchev–Trinajstić information content (AvgIpc) is 2.49. The van der Waals surface area contributed by atoms with Crippen LogP contribution in [0.1, 0.15) is 32.1 Å². The minimum atomic E-state index is -0.577. The van der Waals surface area contributed by atoms with Gasteiger partial charge in [0, 0.05) is 33.8 Å². The number of aliphatic hydroxyl groups is 1. The number of nitrogens with zero attached hydrogens (tertiary/aromatic N) is 2. The molecule has 1 saturated heterocycles. The molecule has 1 saturated carbocycles. The van der Waals surface area contributed by atoms with Crippen molar-refractivity contribution in [2.45, 2.75) is 43.8 Å². The molecule has 1 aliphatic carbocycles. The number of rotatable bonds is 4. The summed E-state index contributed by atoms with van der Waals surface area (Å²) in [5.74, 6) is 0.846. The van der Waals surface area contributed by atoms with Crippen LogP contribution in [0.4, 0.5) is 0 Å². The fraction of sp³-hybridized carbons (Fsp3) is 0.933. The first-order valence-electron chi connectivity index (χ1n) is 7.95. The lowest BCUT2D eigenvalue weighted by Gasteiger charge is -2.37. The van der Waals surface area contributed by atoms with Gasteiger partial charge in [-0.3, -0.25) is 4.99 Å². The van der Waals surface area contributed by atoms with Crippen LogP contribution in [-0.2, 0) is 9.47 Å². The highest BCUT2D eigenvalue weighted by Gasteiger charge is 2.30. The summed E-state index contributed by atoms with van der Waals surface area (Å²) in [6.45, 7) is 3.44. The molecule has 0 spiro atoms. The lowest BCUT2D eigenvalue weighted by atomic mass is 9.85. The van der Waals surface area contributed by atoms with Crippen molar-refractivity contribution < 1.29 is 14.6 Å².